The summed E-state index contributed by atoms with van der Waals surface area (Å²) in [5.74, 6) is 6.87. The van der Waals surface area contributed by atoms with Gasteiger partial charge in [-0.05, 0) is 30.7 Å². The van der Waals surface area contributed by atoms with Gasteiger partial charge >= 0.3 is 6.03 Å². The number of amides is 2. The monoisotopic (exact) mass is 375 g/mol. The molecule has 2 amide bonds. The number of hydrogen-bond donors (Lipinski definition) is 5. The molecule has 0 atom stereocenters. The van der Waals surface area contributed by atoms with Crippen LogP contribution in [0.25, 0.3) is 5.70 Å². The van der Waals surface area contributed by atoms with E-state index in [1.165, 1.54) is 11.3 Å². The summed E-state index contributed by atoms with van der Waals surface area (Å²) in [4.78, 5) is 24.8. The van der Waals surface area contributed by atoms with Gasteiger partial charge in [0.15, 0.2) is 5.17 Å². The van der Waals surface area contributed by atoms with Gasteiger partial charge in [0.25, 0.3) is 0 Å². The van der Waals surface area contributed by atoms with E-state index in [1.807, 2.05) is 6.07 Å². The molecule has 0 radical (unpaired) electrons. The van der Waals surface area contributed by atoms with Crippen LogP contribution < -0.4 is 17.3 Å². The minimum atomic E-state index is -0.389. The van der Waals surface area contributed by atoms with Crippen LogP contribution in [-0.4, -0.2) is 51.1 Å². The number of carbonyl (C=O) groups is 1. The molecule has 2 aliphatic rings. The maximum Gasteiger partial charge on any atom is 0.345 e. The minimum absolute atomic E-state index is 0.0639. The summed E-state index contributed by atoms with van der Waals surface area (Å²) in [5, 5.41) is 8.45. The maximum atomic E-state index is 12.1. The Morgan fingerprint density at radius 2 is 2.15 bits per heavy atom. The topological polar surface area (TPSA) is 166 Å². The number of nitrogens with zero attached hydrogens (tertiary/aromatic N) is 4. The summed E-state index contributed by atoms with van der Waals surface area (Å²) in [6, 6.07) is 1.50. The molecular weight excluding hydrogens is 354 g/mol. The number of likely N-dealkylation sites (tertiary alicyclic amines) is 1. The van der Waals surface area contributed by atoms with Crippen LogP contribution in [0.5, 0.6) is 0 Å². The van der Waals surface area contributed by atoms with Crippen molar-refractivity contribution >= 4 is 46.4 Å². The van der Waals surface area contributed by atoms with Crippen LogP contribution in [0.1, 0.15) is 18.4 Å². The van der Waals surface area contributed by atoms with Crippen LogP contribution in [-0.2, 0) is 0 Å². The number of hydrogen-bond acceptors (Lipinski definition) is 7. The Kier molecular flexibility index (Phi) is 5.28. The molecule has 0 unspecified atom stereocenters. The van der Waals surface area contributed by atoms with E-state index in [-0.39, 0.29) is 17.1 Å². The fraction of sp³-hybridized carbons (Fsp3) is 0.333. The second-order valence-electron chi connectivity index (χ2n) is 5.93. The molecule has 26 heavy (non-hydrogen) atoms. The Bertz CT molecular complexity index is 789. The Balaban J connectivity index is 1.70. The van der Waals surface area contributed by atoms with E-state index in [0.29, 0.717) is 31.6 Å². The molecule has 11 heteroatoms. The van der Waals surface area contributed by atoms with Gasteiger partial charge in [0.1, 0.15) is 12.2 Å². The van der Waals surface area contributed by atoms with Crippen molar-refractivity contribution in [1.29, 1.82) is 5.41 Å². The zero-order chi connectivity index (χ0) is 18.7. The van der Waals surface area contributed by atoms with Crippen LogP contribution in [0, 0.1) is 11.3 Å². The molecule has 0 aliphatic carbocycles. The number of nitrogens with one attached hydrogen (secondary N) is 2. The molecule has 8 N–H and O–H groups in total. The van der Waals surface area contributed by atoms with Crippen molar-refractivity contribution in [1.82, 2.24) is 14.9 Å². The van der Waals surface area contributed by atoms with E-state index in [4.69, 9.17) is 22.7 Å². The molecule has 0 spiro atoms. The van der Waals surface area contributed by atoms with Gasteiger partial charge in [0, 0.05) is 36.5 Å². The molecule has 3 rings (SSSR count). The van der Waals surface area contributed by atoms with E-state index in [0.717, 1.165) is 34.4 Å². The lowest BCUT2D eigenvalue weighted by molar-refractivity contribution is 0.185. The van der Waals surface area contributed by atoms with Crippen molar-refractivity contribution < 1.29 is 4.79 Å². The molecule has 138 valence electrons. The van der Waals surface area contributed by atoms with Crippen LogP contribution >= 0.6 is 11.8 Å². The molecule has 10 nitrogen and oxygen atoms in total. The number of rotatable bonds is 2. The summed E-state index contributed by atoms with van der Waals surface area (Å²) < 4.78 is 0. The van der Waals surface area contributed by atoms with Crippen molar-refractivity contribution in [2.75, 3.05) is 13.1 Å². The summed E-state index contributed by atoms with van der Waals surface area (Å²) in [6.07, 6.45) is 4.74. The number of thioether (sulfide) groups is 1. The predicted octanol–water partition coefficient (Wildman–Crippen LogP) is 0.978. The Hall–Kier alpha value is -2.79. The quantitative estimate of drug-likeness (QED) is 0.293. The number of urea groups is 1. The fourth-order valence-corrected chi connectivity index (χ4v) is 3.36. The highest BCUT2D eigenvalue weighted by Gasteiger charge is 2.29. The average molecular weight is 375 g/mol. The zero-order valence-electron chi connectivity index (χ0n) is 14.1. The number of nitrogens with two attached hydrogens (primary N) is 3. The van der Waals surface area contributed by atoms with E-state index in [9.17, 15) is 4.79 Å². The third-order valence-corrected chi connectivity index (χ3v) is 4.86. The number of piperidine rings is 1. The Labute approximate surface area is 154 Å². The molecule has 0 bridgehead atoms. The predicted molar refractivity (Wildman–Crippen MR) is 104 cm³/mol. The molecule has 2 aliphatic heterocycles. The smallest absolute Gasteiger partial charge is 0.345 e. The average Bonchev–Trinajstić information content (AvgIpc) is 3.10. The molecule has 1 fully saturated rings. The van der Waals surface area contributed by atoms with Crippen molar-refractivity contribution in [3.63, 3.8) is 0 Å². The minimum Gasteiger partial charge on any atom is -0.400 e. The summed E-state index contributed by atoms with van der Waals surface area (Å²) >= 11 is 0.902. The first-order valence-corrected chi connectivity index (χ1v) is 8.93. The standard InChI is InChI=1S/C15H21N9OS/c16-7-26-14(18)22-15(25)23-5-2-9(3-6-23)11(17)12-10-1-4-20-13(10)21-8-24(12)19/h1,4,7-9,16,20H,2-3,5-6,17,19H2,(H2,18,22,25)/b12-11-,16-7?. The lowest BCUT2D eigenvalue weighted by Crippen LogP contribution is -2.40. The van der Waals surface area contributed by atoms with E-state index in [2.05, 4.69) is 15.0 Å². The molecule has 3 heterocycles. The third-order valence-electron chi connectivity index (χ3n) is 4.41. The molecule has 1 aromatic rings. The molecular formula is C15H21N9OS. The van der Waals surface area contributed by atoms with Gasteiger partial charge in [0.05, 0.1) is 11.2 Å². The van der Waals surface area contributed by atoms with E-state index >= 15 is 0 Å². The number of aromatic nitrogens is 1. The van der Waals surface area contributed by atoms with Gasteiger partial charge in [-0.2, -0.15) is 4.99 Å². The highest BCUT2D eigenvalue weighted by molar-refractivity contribution is 8.24. The Morgan fingerprint density at radius 3 is 2.85 bits per heavy atom. The lowest BCUT2D eigenvalue weighted by Gasteiger charge is -2.33. The molecule has 1 saturated heterocycles. The van der Waals surface area contributed by atoms with Crippen molar-refractivity contribution in [2.24, 2.45) is 33.2 Å². The zero-order valence-corrected chi connectivity index (χ0v) is 14.9. The molecule has 1 aromatic heterocycles. The second-order valence-corrected chi connectivity index (χ2v) is 6.82. The van der Waals surface area contributed by atoms with Gasteiger partial charge in [-0.15, -0.1) is 0 Å². The van der Waals surface area contributed by atoms with Crippen molar-refractivity contribution in [2.45, 2.75) is 12.8 Å². The van der Waals surface area contributed by atoms with Crippen molar-refractivity contribution in [3.05, 3.63) is 23.5 Å². The SMILES string of the molecule is N=CS/C(N)=N/C(=O)N1CCC(/C(N)=C2\c3cc[nH]c3N=CN2N)CC1. The number of fused-ring (bicyclic) bond motifs is 1. The van der Waals surface area contributed by atoms with Gasteiger partial charge in [-0.1, -0.05) is 0 Å². The van der Waals surface area contributed by atoms with Gasteiger partial charge in [0.2, 0.25) is 0 Å². The summed E-state index contributed by atoms with van der Waals surface area (Å²) in [7, 11) is 0. The first kappa shape index (κ1) is 18.0. The molecule has 0 saturated carbocycles. The van der Waals surface area contributed by atoms with Crippen LogP contribution in [0.15, 0.2) is 27.9 Å². The largest absolute Gasteiger partial charge is 0.400 e. The molecule has 0 aromatic carbocycles. The number of amidine groups is 1. The van der Waals surface area contributed by atoms with Crippen LogP contribution in [0.3, 0.4) is 0 Å². The number of allylic oxidation sites excluding steroid dienone is 1. The van der Waals surface area contributed by atoms with Crippen LogP contribution in [0.2, 0.25) is 0 Å². The number of H-pyrrole nitrogens is 1. The normalized spacial score (nSPS) is 20.1. The Morgan fingerprint density at radius 1 is 1.42 bits per heavy atom. The first-order chi connectivity index (χ1) is 12.5. The number of hydrazine groups is 1. The van der Waals surface area contributed by atoms with Crippen LogP contribution in [0.4, 0.5) is 10.6 Å². The summed E-state index contributed by atoms with van der Waals surface area (Å²) in [6.45, 7) is 1.06. The number of carbonyl (C=O) groups excluding carboxylic acids is 1. The maximum absolute atomic E-state index is 12.1. The van der Waals surface area contributed by atoms with Gasteiger partial charge in [-0.25, -0.2) is 15.6 Å². The van der Waals surface area contributed by atoms with Crippen molar-refractivity contribution in [3.8, 4) is 0 Å². The van der Waals surface area contributed by atoms with E-state index in [1.54, 1.807) is 11.1 Å². The lowest BCUT2D eigenvalue weighted by atomic mass is 9.91. The fourth-order valence-electron chi connectivity index (χ4n) is 3.11. The second kappa shape index (κ2) is 7.62. The van der Waals surface area contributed by atoms with Gasteiger partial charge in [-0.3, -0.25) is 5.01 Å². The van der Waals surface area contributed by atoms with Gasteiger partial charge < -0.3 is 26.8 Å². The van der Waals surface area contributed by atoms with E-state index < -0.39 is 0 Å². The highest BCUT2D eigenvalue weighted by atomic mass is 32.2. The first-order valence-electron chi connectivity index (χ1n) is 8.05. The highest BCUT2D eigenvalue weighted by Crippen LogP contribution is 2.34. The third kappa shape index (κ3) is 3.58. The number of aromatic amines is 1. The summed E-state index contributed by atoms with van der Waals surface area (Å²) in [5.41, 5.74) is 15.3. The number of aliphatic imine (C=N–C) groups is 2.